The molecular formula is C10H10N2O. The predicted molar refractivity (Wildman–Crippen MR) is 49.4 cm³/mol. The van der Waals surface area contributed by atoms with Crippen LogP contribution < -0.4 is 0 Å². The minimum atomic E-state index is 0.0657. The second-order valence-corrected chi connectivity index (χ2v) is 2.89. The fraction of sp³-hybridized carbons (Fsp3) is 0.100. The third-order valence-electron chi connectivity index (χ3n) is 1.83. The highest BCUT2D eigenvalue weighted by atomic mass is 16.3. The maximum atomic E-state index is 9.00. The standard InChI is InChI=1S/C10H10N2O/c13-10-7-12(8-11-10)6-9-4-2-1-3-5-9/h1-5,7-8,13H,6H2. The average molecular weight is 174 g/mol. The van der Waals surface area contributed by atoms with Crippen LogP contribution in [0.1, 0.15) is 5.56 Å². The molecule has 3 nitrogen and oxygen atoms in total. The highest BCUT2D eigenvalue weighted by Crippen LogP contribution is 2.06. The highest BCUT2D eigenvalue weighted by Gasteiger charge is 1.95. The van der Waals surface area contributed by atoms with Gasteiger partial charge in [-0.15, -0.1) is 0 Å². The predicted octanol–water partition coefficient (Wildman–Crippen LogP) is 1.64. The molecular weight excluding hydrogens is 164 g/mol. The molecule has 1 N–H and O–H groups in total. The third-order valence-corrected chi connectivity index (χ3v) is 1.83. The molecule has 0 aliphatic carbocycles. The number of imidazole rings is 1. The van der Waals surface area contributed by atoms with Gasteiger partial charge < -0.3 is 9.67 Å². The summed E-state index contributed by atoms with van der Waals surface area (Å²) >= 11 is 0. The Hall–Kier alpha value is -1.77. The van der Waals surface area contributed by atoms with E-state index in [4.69, 9.17) is 5.11 Å². The summed E-state index contributed by atoms with van der Waals surface area (Å²) in [5.41, 5.74) is 1.19. The molecule has 0 saturated heterocycles. The Morgan fingerprint density at radius 1 is 1.23 bits per heavy atom. The zero-order chi connectivity index (χ0) is 9.10. The van der Waals surface area contributed by atoms with E-state index in [1.165, 1.54) is 5.56 Å². The van der Waals surface area contributed by atoms with Crippen LogP contribution in [0.5, 0.6) is 5.88 Å². The molecule has 1 aromatic carbocycles. The third kappa shape index (κ3) is 1.87. The zero-order valence-electron chi connectivity index (χ0n) is 7.09. The van der Waals surface area contributed by atoms with E-state index in [9.17, 15) is 0 Å². The summed E-state index contributed by atoms with van der Waals surface area (Å²) in [5, 5.41) is 9.00. The normalized spacial score (nSPS) is 10.2. The summed E-state index contributed by atoms with van der Waals surface area (Å²) in [6, 6.07) is 10.0. The number of benzene rings is 1. The van der Waals surface area contributed by atoms with E-state index in [1.807, 2.05) is 34.9 Å². The monoisotopic (exact) mass is 174 g/mol. The lowest BCUT2D eigenvalue weighted by molar-refractivity contribution is 0.455. The second-order valence-electron chi connectivity index (χ2n) is 2.89. The van der Waals surface area contributed by atoms with Crippen LogP contribution in [0.2, 0.25) is 0 Å². The van der Waals surface area contributed by atoms with Crippen molar-refractivity contribution in [3.8, 4) is 5.88 Å². The molecule has 2 aromatic rings. The lowest BCUT2D eigenvalue weighted by Crippen LogP contribution is -1.95. The van der Waals surface area contributed by atoms with Crippen molar-refractivity contribution in [2.45, 2.75) is 6.54 Å². The van der Waals surface area contributed by atoms with E-state index in [2.05, 4.69) is 4.98 Å². The topological polar surface area (TPSA) is 38.0 Å². The van der Waals surface area contributed by atoms with Crippen molar-refractivity contribution in [1.82, 2.24) is 9.55 Å². The van der Waals surface area contributed by atoms with E-state index < -0.39 is 0 Å². The van der Waals surface area contributed by atoms with Gasteiger partial charge in [0.15, 0.2) is 0 Å². The van der Waals surface area contributed by atoms with Gasteiger partial charge in [-0.05, 0) is 5.56 Å². The maximum Gasteiger partial charge on any atom is 0.229 e. The smallest absolute Gasteiger partial charge is 0.229 e. The molecule has 0 spiro atoms. The fourth-order valence-corrected chi connectivity index (χ4v) is 1.23. The average Bonchev–Trinajstić information content (AvgIpc) is 2.53. The van der Waals surface area contributed by atoms with Crippen molar-refractivity contribution in [3.05, 3.63) is 48.4 Å². The Morgan fingerprint density at radius 3 is 2.62 bits per heavy atom. The van der Waals surface area contributed by atoms with Crippen molar-refractivity contribution in [2.24, 2.45) is 0 Å². The molecule has 1 heterocycles. The van der Waals surface area contributed by atoms with E-state index >= 15 is 0 Å². The second kappa shape index (κ2) is 3.31. The first-order chi connectivity index (χ1) is 6.34. The van der Waals surface area contributed by atoms with Crippen LogP contribution in [0.3, 0.4) is 0 Å². The molecule has 66 valence electrons. The molecule has 0 saturated carbocycles. The molecule has 0 radical (unpaired) electrons. The molecule has 1 aromatic heterocycles. The van der Waals surface area contributed by atoms with Crippen LogP contribution in [0, 0.1) is 0 Å². The van der Waals surface area contributed by atoms with Crippen molar-refractivity contribution in [3.63, 3.8) is 0 Å². The van der Waals surface area contributed by atoms with Gasteiger partial charge in [0.2, 0.25) is 5.88 Å². The van der Waals surface area contributed by atoms with Gasteiger partial charge in [0.05, 0.1) is 12.5 Å². The Kier molecular flexibility index (Phi) is 2.00. The van der Waals surface area contributed by atoms with Crippen molar-refractivity contribution in [1.29, 1.82) is 0 Å². The quantitative estimate of drug-likeness (QED) is 0.751. The first kappa shape index (κ1) is 7.86. The molecule has 0 atom stereocenters. The Morgan fingerprint density at radius 2 is 2.00 bits per heavy atom. The molecule has 0 fully saturated rings. The Labute approximate surface area is 76.3 Å². The lowest BCUT2D eigenvalue weighted by Gasteiger charge is -2.00. The van der Waals surface area contributed by atoms with Gasteiger partial charge in [0.1, 0.15) is 0 Å². The Balaban J connectivity index is 2.15. The van der Waals surface area contributed by atoms with Gasteiger partial charge in [0.25, 0.3) is 0 Å². The minimum absolute atomic E-state index is 0.0657. The summed E-state index contributed by atoms with van der Waals surface area (Å²) in [7, 11) is 0. The molecule has 0 amide bonds. The van der Waals surface area contributed by atoms with Crippen molar-refractivity contribution in [2.75, 3.05) is 0 Å². The van der Waals surface area contributed by atoms with E-state index in [0.29, 0.717) is 0 Å². The van der Waals surface area contributed by atoms with Crippen molar-refractivity contribution < 1.29 is 5.11 Å². The van der Waals surface area contributed by atoms with E-state index in [-0.39, 0.29) is 5.88 Å². The van der Waals surface area contributed by atoms with E-state index in [1.54, 1.807) is 12.5 Å². The van der Waals surface area contributed by atoms with Gasteiger partial charge >= 0.3 is 0 Å². The number of nitrogens with zero attached hydrogens (tertiary/aromatic N) is 2. The zero-order valence-corrected chi connectivity index (χ0v) is 7.09. The number of aromatic nitrogens is 2. The maximum absolute atomic E-state index is 9.00. The van der Waals surface area contributed by atoms with E-state index in [0.717, 1.165) is 6.54 Å². The SMILES string of the molecule is Oc1cn(Cc2ccccc2)cn1. The molecule has 0 aliphatic heterocycles. The number of hydrogen-bond donors (Lipinski definition) is 1. The lowest BCUT2D eigenvalue weighted by atomic mass is 10.2. The van der Waals surface area contributed by atoms with Crippen molar-refractivity contribution >= 4 is 0 Å². The number of aromatic hydroxyl groups is 1. The van der Waals surface area contributed by atoms with Gasteiger partial charge in [-0.3, -0.25) is 0 Å². The minimum Gasteiger partial charge on any atom is -0.492 e. The number of rotatable bonds is 2. The molecule has 2 rings (SSSR count). The van der Waals surface area contributed by atoms with Crippen LogP contribution in [0.4, 0.5) is 0 Å². The summed E-state index contributed by atoms with van der Waals surface area (Å²) in [6.07, 6.45) is 3.22. The number of hydrogen-bond acceptors (Lipinski definition) is 2. The Bertz CT molecular complexity index is 381. The highest BCUT2D eigenvalue weighted by molar-refractivity contribution is 5.15. The summed E-state index contributed by atoms with van der Waals surface area (Å²) in [6.45, 7) is 0.744. The van der Waals surface area contributed by atoms with Gasteiger partial charge in [-0.1, -0.05) is 30.3 Å². The van der Waals surface area contributed by atoms with Gasteiger partial charge in [0, 0.05) is 6.54 Å². The largest absolute Gasteiger partial charge is 0.492 e. The van der Waals surface area contributed by atoms with Crippen LogP contribution in [0.25, 0.3) is 0 Å². The first-order valence-corrected chi connectivity index (χ1v) is 4.09. The summed E-state index contributed by atoms with van der Waals surface area (Å²) in [4.78, 5) is 3.73. The molecule has 0 bridgehead atoms. The summed E-state index contributed by atoms with van der Waals surface area (Å²) < 4.78 is 1.84. The van der Waals surface area contributed by atoms with Crippen LogP contribution in [-0.2, 0) is 6.54 Å². The summed E-state index contributed by atoms with van der Waals surface area (Å²) in [5.74, 6) is 0.0657. The van der Waals surface area contributed by atoms with Crippen LogP contribution in [-0.4, -0.2) is 14.7 Å². The fourth-order valence-electron chi connectivity index (χ4n) is 1.23. The molecule has 0 aliphatic rings. The van der Waals surface area contributed by atoms with Gasteiger partial charge in [-0.2, -0.15) is 0 Å². The first-order valence-electron chi connectivity index (χ1n) is 4.09. The molecule has 0 unspecified atom stereocenters. The molecule has 13 heavy (non-hydrogen) atoms. The van der Waals surface area contributed by atoms with Crippen LogP contribution >= 0.6 is 0 Å². The molecule has 3 heteroatoms. The van der Waals surface area contributed by atoms with Gasteiger partial charge in [-0.25, -0.2) is 4.98 Å². The van der Waals surface area contributed by atoms with Crippen LogP contribution in [0.15, 0.2) is 42.9 Å².